The smallest absolute Gasteiger partial charge is 0.0739 e. The molecule has 1 N–H and O–H groups in total. The molecule has 11 heavy (non-hydrogen) atoms. The van der Waals surface area contributed by atoms with Gasteiger partial charge in [-0.05, 0) is 24.4 Å². The summed E-state index contributed by atoms with van der Waals surface area (Å²) in [5.41, 5.74) is 0.854. The first kappa shape index (κ1) is 9.98. The van der Waals surface area contributed by atoms with Crippen LogP contribution in [-0.2, 0) is 0 Å². The van der Waals surface area contributed by atoms with Crippen LogP contribution in [0.25, 0.3) is 0 Å². The summed E-state index contributed by atoms with van der Waals surface area (Å²) in [6, 6.07) is 9.50. The largest absolute Gasteiger partial charge is 0.400 e. The van der Waals surface area contributed by atoms with E-state index in [1.165, 1.54) is 0 Å². The van der Waals surface area contributed by atoms with Gasteiger partial charge in [0, 0.05) is 7.11 Å². The number of nitrogens with zero attached hydrogens (tertiary/aromatic N) is 1. The molecule has 0 atom stereocenters. The molecule has 0 saturated carbocycles. The molecular formula is C8H9NOS. The molecule has 0 saturated heterocycles. The number of para-hydroxylation sites is 1. The van der Waals surface area contributed by atoms with Crippen molar-refractivity contribution in [3.05, 3.63) is 30.3 Å². The van der Waals surface area contributed by atoms with E-state index >= 15 is 0 Å². The van der Waals surface area contributed by atoms with Crippen LogP contribution in [0.2, 0.25) is 0 Å². The Labute approximate surface area is 71.2 Å². The van der Waals surface area contributed by atoms with Crippen molar-refractivity contribution < 1.29 is 5.11 Å². The lowest BCUT2D eigenvalue weighted by atomic mass is 10.3. The summed E-state index contributed by atoms with van der Waals surface area (Å²) in [7, 11) is 1.00. The van der Waals surface area contributed by atoms with Crippen LogP contribution in [0.3, 0.4) is 0 Å². The molecule has 0 spiro atoms. The minimum absolute atomic E-state index is 0.854. The van der Waals surface area contributed by atoms with Crippen LogP contribution in [-0.4, -0.2) is 17.4 Å². The average molecular weight is 167 g/mol. The lowest BCUT2D eigenvalue weighted by Crippen LogP contribution is -1.58. The third-order valence-electron chi connectivity index (χ3n) is 0.931. The normalized spacial score (nSPS) is 7.09. The molecule has 3 heteroatoms. The van der Waals surface area contributed by atoms with E-state index < -0.39 is 0 Å². The molecule has 1 rings (SSSR count). The molecule has 0 aliphatic rings. The van der Waals surface area contributed by atoms with Gasteiger partial charge in [-0.1, -0.05) is 18.2 Å². The summed E-state index contributed by atoms with van der Waals surface area (Å²) in [6.07, 6.45) is 0. The van der Waals surface area contributed by atoms with Crippen LogP contribution in [0, 0.1) is 0 Å². The molecule has 0 bridgehead atoms. The van der Waals surface area contributed by atoms with E-state index in [9.17, 15) is 0 Å². The van der Waals surface area contributed by atoms with Gasteiger partial charge >= 0.3 is 0 Å². The Bertz CT molecular complexity index is 229. The van der Waals surface area contributed by atoms with Gasteiger partial charge in [-0.25, -0.2) is 0 Å². The first-order valence-corrected chi connectivity index (χ1v) is 3.42. The van der Waals surface area contributed by atoms with Gasteiger partial charge < -0.3 is 5.11 Å². The van der Waals surface area contributed by atoms with E-state index in [0.717, 1.165) is 12.8 Å². The predicted octanol–water partition coefficient (Wildman–Crippen LogP) is 2.03. The number of isothiocyanates is 1. The molecule has 0 radical (unpaired) electrons. The molecule has 0 aliphatic carbocycles. The first-order chi connectivity index (χ1) is 5.43. The van der Waals surface area contributed by atoms with Crippen LogP contribution in [0.4, 0.5) is 5.69 Å². The Morgan fingerprint density at radius 3 is 2.27 bits per heavy atom. The van der Waals surface area contributed by atoms with Crippen molar-refractivity contribution >= 4 is 23.1 Å². The van der Waals surface area contributed by atoms with Crippen molar-refractivity contribution in [3.63, 3.8) is 0 Å². The fourth-order valence-electron chi connectivity index (χ4n) is 0.555. The van der Waals surface area contributed by atoms with Crippen LogP contribution in [0.1, 0.15) is 0 Å². The number of benzene rings is 1. The SMILES string of the molecule is CO.S=C=Nc1ccccc1. The van der Waals surface area contributed by atoms with Gasteiger partial charge in [-0.2, -0.15) is 4.99 Å². The molecule has 58 valence electrons. The monoisotopic (exact) mass is 167 g/mol. The molecule has 0 unspecified atom stereocenters. The minimum atomic E-state index is 0.854. The average Bonchev–Trinajstić information content (AvgIpc) is 2.11. The van der Waals surface area contributed by atoms with Crippen LogP contribution < -0.4 is 0 Å². The number of hydrogen-bond donors (Lipinski definition) is 1. The van der Waals surface area contributed by atoms with Crippen molar-refractivity contribution in [2.75, 3.05) is 7.11 Å². The van der Waals surface area contributed by atoms with Crippen LogP contribution in [0.15, 0.2) is 35.3 Å². The quantitative estimate of drug-likeness (QED) is 0.512. The predicted molar refractivity (Wildman–Crippen MR) is 49.3 cm³/mol. The number of hydrogen-bond acceptors (Lipinski definition) is 3. The third-order valence-corrected chi connectivity index (χ3v) is 1.02. The summed E-state index contributed by atoms with van der Waals surface area (Å²) in [6.45, 7) is 0. The summed E-state index contributed by atoms with van der Waals surface area (Å²) in [4.78, 5) is 3.77. The summed E-state index contributed by atoms with van der Waals surface area (Å²) >= 11 is 4.42. The Hall–Kier alpha value is -1.02. The Morgan fingerprint density at radius 2 is 1.82 bits per heavy atom. The number of aliphatic hydroxyl groups is 1. The molecule has 0 aromatic heterocycles. The minimum Gasteiger partial charge on any atom is -0.400 e. The zero-order valence-electron chi connectivity index (χ0n) is 6.19. The second-order valence-electron chi connectivity index (χ2n) is 1.54. The molecule has 0 aliphatic heterocycles. The van der Waals surface area contributed by atoms with Crippen molar-refractivity contribution in [1.29, 1.82) is 0 Å². The fraction of sp³-hybridized carbons (Fsp3) is 0.125. The number of thiocarbonyl (C=S) groups is 1. The summed E-state index contributed by atoms with van der Waals surface area (Å²) < 4.78 is 0. The Morgan fingerprint density at radius 1 is 1.27 bits per heavy atom. The highest BCUT2D eigenvalue weighted by Gasteiger charge is 1.79. The highest BCUT2D eigenvalue weighted by Crippen LogP contribution is 2.07. The van der Waals surface area contributed by atoms with Crippen molar-refractivity contribution in [2.45, 2.75) is 0 Å². The zero-order chi connectivity index (χ0) is 8.53. The van der Waals surface area contributed by atoms with Gasteiger partial charge in [-0.15, -0.1) is 0 Å². The van der Waals surface area contributed by atoms with Crippen LogP contribution in [0.5, 0.6) is 0 Å². The second-order valence-corrected chi connectivity index (χ2v) is 1.72. The molecule has 1 aromatic rings. The van der Waals surface area contributed by atoms with Gasteiger partial charge in [0.25, 0.3) is 0 Å². The van der Waals surface area contributed by atoms with Gasteiger partial charge in [0.2, 0.25) is 0 Å². The summed E-state index contributed by atoms with van der Waals surface area (Å²) in [5.74, 6) is 0. The second kappa shape index (κ2) is 7.09. The van der Waals surface area contributed by atoms with E-state index in [1.807, 2.05) is 30.3 Å². The standard InChI is InChI=1S/C7H5NS.CH4O/c9-6-8-7-4-2-1-3-5-7;1-2/h1-5H;2H,1H3. The molecule has 1 aromatic carbocycles. The van der Waals surface area contributed by atoms with E-state index in [1.54, 1.807) is 0 Å². The van der Waals surface area contributed by atoms with Gasteiger partial charge in [0.15, 0.2) is 0 Å². The van der Waals surface area contributed by atoms with Gasteiger partial charge in [0.1, 0.15) is 0 Å². The zero-order valence-corrected chi connectivity index (χ0v) is 7.01. The fourth-order valence-corrected chi connectivity index (χ4v) is 0.661. The maximum absolute atomic E-state index is 7.00. The summed E-state index contributed by atoms with van der Waals surface area (Å²) in [5, 5.41) is 9.29. The van der Waals surface area contributed by atoms with Gasteiger partial charge in [0.05, 0.1) is 10.8 Å². The third kappa shape index (κ3) is 4.39. The maximum Gasteiger partial charge on any atom is 0.0739 e. The lowest BCUT2D eigenvalue weighted by molar-refractivity contribution is 0.399. The van der Waals surface area contributed by atoms with Gasteiger partial charge in [-0.3, -0.25) is 0 Å². The molecule has 0 fully saturated rings. The Balaban J connectivity index is 0.000000461. The van der Waals surface area contributed by atoms with Crippen molar-refractivity contribution in [1.82, 2.24) is 0 Å². The molecule has 2 nitrogen and oxygen atoms in total. The molecular weight excluding hydrogens is 158 g/mol. The number of aliphatic hydroxyl groups excluding tert-OH is 1. The van der Waals surface area contributed by atoms with E-state index in [4.69, 9.17) is 5.11 Å². The van der Waals surface area contributed by atoms with E-state index in [2.05, 4.69) is 22.4 Å². The molecule has 0 amide bonds. The number of aliphatic imine (C=N–C) groups is 1. The topological polar surface area (TPSA) is 32.6 Å². The maximum atomic E-state index is 7.00. The highest BCUT2D eigenvalue weighted by atomic mass is 32.1. The van der Waals surface area contributed by atoms with E-state index in [0.29, 0.717) is 0 Å². The van der Waals surface area contributed by atoms with E-state index in [-0.39, 0.29) is 0 Å². The van der Waals surface area contributed by atoms with Crippen LogP contribution >= 0.6 is 12.2 Å². The Kier molecular flexibility index (Phi) is 6.43. The molecule has 0 heterocycles. The highest BCUT2D eigenvalue weighted by molar-refractivity contribution is 7.78. The van der Waals surface area contributed by atoms with Crippen molar-refractivity contribution in [3.8, 4) is 0 Å². The van der Waals surface area contributed by atoms with Crippen molar-refractivity contribution in [2.24, 2.45) is 4.99 Å². The number of rotatable bonds is 1. The first-order valence-electron chi connectivity index (χ1n) is 3.01. The lowest BCUT2D eigenvalue weighted by Gasteiger charge is -1.83.